The molecule has 0 amide bonds. The van der Waals surface area contributed by atoms with E-state index in [0.29, 0.717) is 39.3 Å². The molecule has 1 aromatic carbocycles. The first-order valence-corrected chi connectivity index (χ1v) is 21.8. The van der Waals surface area contributed by atoms with Crippen molar-refractivity contribution in [1.29, 1.82) is 0 Å². The van der Waals surface area contributed by atoms with E-state index in [4.69, 9.17) is 34.4 Å². The van der Waals surface area contributed by atoms with E-state index in [1.54, 1.807) is 12.4 Å². The minimum Gasteiger partial charge on any atom is -0.491 e. The lowest BCUT2D eigenvalue weighted by Gasteiger charge is -2.12. The minimum absolute atomic E-state index is 0.00523. The molecule has 1 atom stereocenters. The van der Waals surface area contributed by atoms with Gasteiger partial charge in [0.1, 0.15) is 12.4 Å². The van der Waals surface area contributed by atoms with Crippen LogP contribution in [0, 0.1) is 12.8 Å². The van der Waals surface area contributed by atoms with E-state index in [1.165, 1.54) is 0 Å². The molecular formula is C55H60N6O5. The Bertz CT molecular complexity index is 2360. The zero-order valence-corrected chi connectivity index (χ0v) is 38.3. The van der Waals surface area contributed by atoms with E-state index in [2.05, 4.69) is 81.3 Å². The van der Waals surface area contributed by atoms with E-state index in [0.717, 1.165) is 73.6 Å². The quantitative estimate of drug-likeness (QED) is 0.0483. The van der Waals surface area contributed by atoms with Gasteiger partial charge >= 0.3 is 0 Å². The van der Waals surface area contributed by atoms with E-state index in [1.807, 2.05) is 131 Å². The minimum atomic E-state index is -0.182. The third-order valence-corrected chi connectivity index (χ3v) is 9.42. The fourth-order valence-electron chi connectivity index (χ4n) is 6.31. The second kappa shape index (κ2) is 30.0. The summed E-state index contributed by atoms with van der Waals surface area (Å²) in [5, 5.41) is 17.1. The first-order chi connectivity index (χ1) is 32.4. The molecule has 2 N–H and O–H groups in total. The van der Waals surface area contributed by atoms with Gasteiger partial charge in [0.25, 0.3) is 0 Å². The van der Waals surface area contributed by atoms with Crippen LogP contribution in [-0.2, 0) is 22.3 Å². The normalized spacial score (nSPS) is 11.2. The average Bonchev–Trinajstić information content (AvgIpc) is 3.38. The molecule has 0 spiro atoms. The summed E-state index contributed by atoms with van der Waals surface area (Å²) in [7, 11) is 0. The molecule has 0 aliphatic heterocycles. The molecule has 11 heteroatoms. The molecule has 1 unspecified atom stereocenters. The number of pyridine rings is 6. The van der Waals surface area contributed by atoms with Crippen molar-refractivity contribution in [2.75, 3.05) is 39.6 Å². The maximum atomic E-state index is 9.02. The van der Waals surface area contributed by atoms with Crippen molar-refractivity contribution in [3.8, 4) is 52.5 Å². The number of ether oxygens (including phenoxy) is 3. The molecule has 0 fully saturated rings. The molecular weight excluding hydrogens is 825 g/mol. The van der Waals surface area contributed by atoms with Crippen LogP contribution >= 0.6 is 0 Å². The summed E-state index contributed by atoms with van der Waals surface area (Å²) in [6, 6.07) is 40.0. The molecule has 7 rings (SSSR count). The Kier molecular flexibility index (Phi) is 23.4. The highest BCUT2D eigenvalue weighted by molar-refractivity contribution is 5.79. The van der Waals surface area contributed by atoms with Gasteiger partial charge in [0.05, 0.1) is 55.3 Å². The van der Waals surface area contributed by atoms with Crippen molar-refractivity contribution < 1.29 is 24.4 Å². The summed E-state index contributed by atoms with van der Waals surface area (Å²) in [5.41, 5.74) is 11.7. The predicted molar refractivity (Wildman–Crippen MR) is 264 cm³/mol. The van der Waals surface area contributed by atoms with Gasteiger partial charge in [-0.05, 0) is 135 Å². The molecule has 6 aromatic heterocycles. The van der Waals surface area contributed by atoms with Crippen molar-refractivity contribution in [2.24, 2.45) is 0 Å². The maximum absolute atomic E-state index is 9.02. The maximum Gasteiger partial charge on any atom is 0.119 e. The van der Waals surface area contributed by atoms with Gasteiger partial charge in [0, 0.05) is 67.0 Å². The number of aromatic nitrogens is 6. The fraction of sp³-hybridized carbons (Fsp3) is 0.236. The van der Waals surface area contributed by atoms with Gasteiger partial charge in [-0.2, -0.15) is 0 Å². The molecule has 11 nitrogen and oxygen atoms in total. The molecule has 0 aliphatic carbocycles. The SMILES string of the molecule is C#C.C/C=C\C(=C/C)c1cc(-c2ccccn2)nc(-c2ccccn2)c1.CC(CO)OCCOc1ccc(-c2cc(Cc3ccccn3)nc(Cc3ccccn3)c2)cc1.CCOCCO. The summed E-state index contributed by atoms with van der Waals surface area (Å²) in [4.78, 5) is 27.5. The van der Waals surface area contributed by atoms with Gasteiger partial charge < -0.3 is 24.4 Å². The van der Waals surface area contributed by atoms with Gasteiger partial charge in [-0.15, -0.1) is 12.8 Å². The van der Waals surface area contributed by atoms with Gasteiger partial charge in [0.15, 0.2) is 0 Å². The Morgan fingerprint density at radius 2 is 1.15 bits per heavy atom. The van der Waals surface area contributed by atoms with Crippen LogP contribution in [-0.4, -0.2) is 85.9 Å². The second-order valence-electron chi connectivity index (χ2n) is 14.3. The predicted octanol–water partition coefficient (Wildman–Crippen LogP) is 9.95. The number of hydrogen-bond acceptors (Lipinski definition) is 11. The van der Waals surface area contributed by atoms with Crippen LogP contribution in [0.15, 0.2) is 164 Å². The summed E-state index contributed by atoms with van der Waals surface area (Å²) in [5.74, 6) is 0.778. The Hall–Kier alpha value is -7.20. The van der Waals surface area contributed by atoms with Crippen LogP contribution in [0.25, 0.3) is 39.5 Å². The molecule has 0 aliphatic rings. The largest absolute Gasteiger partial charge is 0.491 e. The standard InChI is InChI=1S/C28H29N3O3.C21H19N3.C4H10O2.C2H2/c1-21(20-32)33-14-15-34-28-10-8-22(9-11-28)23-16-26(18-24-6-2-4-12-29-24)31-27(17-23)19-25-7-3-5-13-30-25;1-3-9-16(4-2)17-14-20(18-10-5-7-12-22-18)24-21(15-17)19-11-6-8-13-23-19;1-2-6-4-3-5;1-2/h2-13,16-17,21,32H,14-15,18-20H2,1H3;3-15H,1-2H3;5H,2-4H2,1H3;1-2H/b;9-3-,16-4+;;. The summed E-state index contributed by atoms with van der Waals surface area (Å²) in [6.45, 7) is 9.95. The zero-order chi connectivity index (χ0) is 47.2. The summed E-state index contributed by atoms with van der Waals surface area (Å²) in [6.07, 6.45) is 22.6. The van der Waals surface area contributed by atoms with Crippen molar-refractivity contribution in [3.05, 3.63) is 193 Å². The van der Waals surface area contributed by atoms with Gasteiger partial charge in [-0.25, -0.2) is 4.98 Å². The molecule has 0 radical (unpaired) electrons. The molecule has 0 saturated carbocycles. The number of aliphatic hydroxyl groups excluding tert-OH is 2. The van der Waals surface area contributed by atoms with Crippen LogP contribution in [0.5, 0.6) is 5.75 Å². The first kappa shape index (κ1) is 51.4. The molecule has 0 saturated heterocycles. The molecule has 6 heterocycles. The summed E-state index contributed by atoms with van der Waals surface area (Å²) < 4.78 is 15.9. The topological polar surface area (TPSA) is 145 Å². The lowest BCUT2D eigenvalue weighted by molar-refractivity contribution is 0.0110. The fourth-order valence-corrected chi connectivity index (χ4v) is 6.31. The average molecular weight is 885 g/mol. The third kappa shape index (κ3) is 17.8. The number of hydrogen-bond donors (Lipinski definition) is 2. The third-order valence-electron chi connectivity index (χ3n) is 9.42. The van der Waals surface area contributed by atoms with E-state index >= 15 is 0 Å². The lowest BCUT2D eigenvalue weighted by Crippen LogP contribution is -2.17. The van der Waals surface area contributed by atoms with E-state index in [-0.39, 0.29) is 19.3 Å². The Morgan fingerprint density at radius 1 is 0.606 bits per heavy atom. The van der Waals surface area contributed by atoms with Crippen LogP contribution in [0.1, 0.15) is 56.0 Å². The first-order valence-electron chi connectivity index (χ1n) is 21.8. The molecule has 7 aromatic rings. The highest BCUT2D eigenvalue weighted by Crippen LogP contribution is 2.28. The van der Waals surface area contributed by atoms with Gasteiger partial charge in [-0.3, -0.25) is 24.9 Å². The summed E-state index contributed by atoms with van der Waals surface area (Å²) >= 11 is 0. The van der Waals surface area contributed by atoms with Crippen molar-refractivity contribution in [2.45, 2.75) is 46.6 Å². The van der Waals surface area contributed by atoms with Crippen LogP contribution in [0.4, 0.5) is 0 Å². The van der Waals surface area contributed by atoms with Crippen LogP contribution in [0.3, 0.4) is 0 Å². The van der Waals surface area contributed by atoms with Crippen molar-refractivity contribution >= 4 is 5.57 Å². The van der Waals surface area contributed by atoms with Crippen LogP contribution < -0.4 is 4.74 Å². The number of rotatable bonds is 18. The van der Waals surface area contributed by atoms with Gasteiger partial charge in [-0.1, -0.05) is 54.6 Å². The Morgan fingerprint density at radius 3 is 1.58 bits per heavy atom. The number of benzene rings is 1. The molecule has 0 bridgehead atoms. The van der Waals surface area contributed by atoms with E-state index in [9.17, 15) is 0 Å². The van der Waals surface area contributed by atoms with E-state index < -0.39 is 0 Å². The van der Waals surface area contributed by atoms with Crippen LogP contribution in [0.2, 0.25) is 0 Å². The highest BCUT2D eigenvalue weighted by atomic mass is 16.5. The Labute approximate surface area is 390 Å². The van der Waals surface area contributed by atoms with Crippen molar-refractivity contribution in [1.82, 2.24) is 29.9 Å². The molecule has 66 heavy (non-hydrogen) atoms. The number of allylic oxidation sites excluding steroid dienone is 4. The number of aliphatic hydroxyl groups is 2. The monoisotopic (exact) mass is 884 g/mol. The number of terminal acetylenes is 1. The molecule has 340 valence electrons. The Balaban J connectivity index is 0.000000259. The number of nitrogens with zero attached hydrogens (tertiary/aromatic N) is 6. The highest BCUT2D eigenvalue weighted by Gasteiger charge is 2.11. The van der Waals surface area contributed by atoms with Crippen molar-refractivity contribution in [3.63, 3.8) is 0 Å². The lowest BCUT2D eigenvalue weighted by atomic mass is 10.0. The zero-order valence-electron chi connectivity index (χ0n) is 38.3. The van der Waals surface area contributed by atoms with Gasteiger partial charge in [0.2, 0.25) is 0 Å². The second-order valence-corrected chi connectivity index (χ2v) is 14.3. The smallest absolute Gasteiger partial charge is 0.119 e.